The fourth-order valence-electron chi connectivity index (χ4n) is 3.44. The van der Waals surface area contributed by atoms with Gasteiger partial charge in [-0.25, -0.2) is 4.79 Å². The second kappa shape index (κ2) is 8.25. The largest absolute Gasteiger partial charge is 0.478 e. The molecular weight excluding hydrogens is 356 g/mol. The summed E-state index contributed by atoms with van der Waals surface area (Å²) in [5.41, 5.74) is 3.21. The van der Waals surface area contributed by atoms with Crippen molar-refractivity contribution in [2.75, 3.05) is 7.05 Å². The van der Waals surface area contributed by atoms with Crippen molar-refractivity contribution < 1.29 is 19.5 Å². The van der Waals surface area contributed by atoms with Gasteiger partial charge in [0.1, 0.15) is 6.04 Å². The maximum Gasteiger partial charge on any atom is 0.335 e. The summed E-state index contributed by atoms with van der Waals surface area (Å²) < 4.78 is 0. The molecule has 1 aliphatic heterocycles. The molecule has 146 valence electrons. The van der Waals surface area contributed by atoms with Crippen molar-refractivity contribution in [2.45, 2.75) is 38.9 Å². The van der Waals surface area contributed by atoms with Crippen LogP contribution in [0, 0.1) is 6.92 Å². The SMILES string of the molecule is Cc1ccc(CN2C(=O)CCC2C(=O)N(C)Cc2ccc(C(=O)O)cc2)cc1. The zero-order valence-electron chi connectivity index (χ0n) is 16.1. The lowest BCUT2D eigenvalue weighted by Gasteiger charge is -2.28. The molecule has 2 amide bonds. The third-order valence-electron chi connectivity index (χ3n) is 5.08. The lowest BCUT2D eigenvalue weighted by Crippen LogP contribution is -2.44. The highest BCUT2D eigenvalue weighted by atomic mass is 16.4. The molecule has 0 aliphatic carbocycles. The highest BCUT2D eigenvalue weighted by Gasteiger charge is 2.37. The van der Waals surface area contributed by atoms with E-state index in [1.54, 1.807) is 29.0 Å². The number of hydrogen-bond donors (Lipinski definition) is 1. The van der Waals surface area contributed by atoms with Crippen LogP contribution >= 0.6 is 0 Å². The molecule has 0 radical (unpaired) electrons. The van der Waals surface area contributed by atoms with Crippen LogP contribution < -0.4 is 0 Å². The minimum atomic E-state index is -0.979. The summed E-state index contributed by atoms with van der Waals surface area (Å²) in [6, 6.07) is 14.0. The van der Waals surface area contributed by atoms with E-state index in [0.717, 1.165) is 16.7 Å². The predicted molar refractivity (Wildman–Crippen MR) is 105 cm³/mol. The summed E-state index contributed by atoms with van der Waals surface area (Å²) in [6.07, 6.45) is 0.898. The van der Waals surface area contributed by atoms with Gasteiger partial charge in [0.05, 0.1) is 5.56 Å². The first kappa shape index (κ1) is 19.6. The number of nitrogens with zero attached hydrogens (tertiary/aromatic N) is 2. The van der Waals surface area contributed by atoms with Gasteiger partial charge in [-0.05, 0) is 36.6 Å². The first-order valence-electron chi connectivity index (χ1n) is 9.27. The van der Waals surface area contributed by atoms with Crippen molar-refractivity contribution in [1.29, 1.82) is 0 Å². The van der Waals surface area contributed by atoms with Crippen LogP contribution in [0.4, 0.5) is 0 Å². The van der Waals surface area contributed by atoms with E-state index >= 15 is 0 Å². The molecule has 0 saturated carbocycles. The maximum atomic E-state index is 13.0. The Hall–Kier alpha value is -3.15. The Bertz CT molecular complexity index is 874. The van der Waals surface area contributed by atoms with Gasteiger partial charge in [0.25, 0.3) is 0 Å². The molecule has 1 N–H and O–H groups in total. The molecular formula is C22H24N2O4. The molecule has 1 unspecified atom stereocenters. The number of rotatable bonds is 6. The first-order valence-corrected chi connectivity index (χ1v) is 9.27. The number of carbonyl (C=O) groups is 3. The standard InChI is InChI=1S/C22H24N2O4/c1-15-3-5-17(6-4-15)14-24-19(11-12-20(24)25)21(26)23(2)13-16-7-9-18(10-8-16)22(27)28/h3-10,19H,11-14H2,1-2H3,(H,27,28). The fourth-order valence-corrected chi connectivity index (χ4v) is 3.44. The lowest BCUT2D eigenvalue weighted by molar-refractivity contribution is -0.141. The molecule has 1 fully saturated rings. The van der Waals surface area contributed by atoms with Crippen LogP contribution in [0.5, 0.6) is 0 Å². The van der Waals surface area contributed by atoms with Crippen molar-refractivity contribution in [1.82, 2.24) is 9.80 Å². The normalized spacial score (nSPS) is 16.3. The molecule has 1 heterocycles. The zero-order valence-corrected chi connectivity index (χ0v) is 16.1. The Morgan fingerprint density at radius 2 is 1.68 bits per heavy atom. The molecule has 3 rings (SSSR count). The highest BCUT2D eigenvalue weighted by Crippen LogP contribution is 2.24. The van der Waals surface area contributed by atoms with Crippen LogP contribution in [0.25, 0.3) is 0 Å². The summed E-state index contributed by atoms with van der Waals surface area (Å²) in [6.45, 7) is 2.80. The summed E-state index contributed by atoms with van der Waals surface area (Å²) in [5.74, 6) is -1.08. The Balaban J connectivity index is 1.67. The van der Waals surface area contributed by atoms with E-state index in [9.17, 15) is 14.4 Å². The van der Waals surface area contributed by atoms with E-state index in [4.69, 9.17) is 5.11 Å². The topological polar surface area (TPSA) is 77.9 Å². The molecule has 1 atom stereocenters. The average Bonchev–Trinajstić information content (AvgIpc) is 3.03. The summed E-state index contributed by atoms with van der Waals surface area (Å²) in [5, 5.41) is 8.98. The Labute approximate surface area is 164 Å². The van der Waals surface area contributed by atoms with Crippen molar-refractivity contribution >= 4 is 17.8 Å². The van der Waals surface area contributed by atoms with Gasteiger partial charge in [-0.3, -0.25) is 9.59 Å². The Kier molecular flexibility index (Phi) is 5.78. The Morgan fingerprint density at radius 3 is 2.29 bits per heavy atom. The van der Waals surface area contributed by atoms with Crippen LogP contribution in [0.2, 0.25) is 0 Å². The number of carboxylic acid groups (broad SMARTS) is 1. The van der Waals surface area contributed by atoms with Gasteiger partial charge in [0.15, 0.2) is 0 Å². The number of likely N-dealkylation sites (N-methyl/N-ethyl adjacent to an activating group) is 1. The van der Waals surface area contributed by atoms with Crippen LogP contribution in [0.15, 0.2) is 48.5 Å². The van der Waals surface area contributed by atoms with Crippen LogP contribution in [0.3, 0.4) is 0 Å². The van der Waals surface area contributed by atoms with Gasteiger partial charge in [-0.1, -0.05) is 42.0 Å². The zero-order chi connectivity index (χ0) is 20.3. The number of hydrogen-bond acceptors (Lipinski definition) is 3. The predicted octanol–water partition coefficient (Wildman–Crippen LogP) is 2.84. The molecule has 0 aromatic heterocycles. The quantitative estimate of drug-likeness (QED) is 0.836. The van der Waals surface area contributed by atoms with E-state index in [1.807, 2.05) is 31.2 Å². The van der Waals surface area contributed by atoms with Gasteiger partial charge >= 0.3 is 5.97 Å². The van der Waals surface area contributed by atoms with Gasteiger partial charge in [-0.2, -0.15) is 0 Å². The molecule has 28 heavy (non-hydrogen) atoms. The monoisotopic (exact) mass is 380 g/mol. The van der Waals surface area contributed by atoms with Crippen molar-refractivity contribution in [3.63, 3.8) is 0 Å². The number of aromatic carboxylic acids is 1. The van der Waals surface area contributed by atoms with Crippen LogP contribution in [-0.2, 0) is 22.7 Å². The van der Waals surface area contributed by atoms with Gasteiger partial charge in [-0.15, -0.1) is 0 Å². The van der Waals surface area contributed by atoms with E-state index < -0.39 is 12.0 Å². The van der Waals surface area contributed by atoms with Crippen molar-refractivity contribution in [3.05, 3.63) is 70.8 Å². The van der Waals surface area contributed by atoms with E-state index in [2.05, 4.69) is 0 Å². The van der Waals surface area contributed by atoms with Crippen LogP contribution in [0.1, 0.15) is 39.9 Å². The number of carboxylic acids is 1. The highest BCUT2D eigenvalue weighted by molar-refractivity contribution is 5.91. The lowest BCUT2D eigenvalue weighted by atomic mass is 10.1. The Morgan fingerprint density at radius 1 is 1.07 bits per heavy atom. The fraction of sp³-hybridized carbons (Fsp3) is 0.318. The van der Waals surface area contributed by atoms with Gasteiger partial charge < -0.3 is 14.9 Å². The molecule has 2 aromatic rings. The second-order valence-electron chi connectivity index (χ2n) is 7.26. The summed E-state index contributed by atoms with van der Waals surface area (Å²) in [4.78, 5) is 39.5. The molecule has 6 nitrogen and oxygen atoms in total. The number of amides is 2. The maximum absolute atomic E-state index is 13.0. The van der Waals surface area contributed by atoms with Gasteiger partial charge in [0, 0.05) is 26.6 Å². The van der Waals surface area contributed by atoms with E-state index in [0.29, 0.717) is 25.9 Å². The third kappa shape index (κ3) is 4.39. The molecule has 2 aromatic carbocycles. The second-order valence-corrected chi connectivity index (χ2v) is 7.26. The smallest absolute Gasteiger partial charge is 0.335 e. The number of carbonyl (C=O) groups excluding carboxylic acids is 2. The molecule has 6 heteroatoms. The van der Waals surface area contributed by atoms with E-state index in [-0.39, 0.29) is 17.4 Å². The average molecular weight is 380 g/mol. The third-order valence-corrected chi connectivity index (χ3v) is 5.08. The minimum Gasteiger partial charge on any atom is -0.478 e. The summed E-state index contributed by atoms with van der Waals surface area (Å²) in [7, 11) is 1.71. The molecule has 0 bridgehead atoms. The van der Waals surface area contributed by atoms with Crippen molar-refractivity contribution in [2.24, 2.45) is 0 Å². The minimum absolute atomic E-state index is 0.00173. The van der Waals surface area contributed by atoms with Gasteiger partial charge in [0.2, 0.25) is 11.8 Å². The molecule has 0 spiro atoms. The molecule has 1 saturated heterocycles. The number of benzene rings is 2. The van der Waals surface area contributed by atoms with E-state index in [1.165, 1.54) is 12.1 Å². The molecule has 1 aliphatic rings. The first-order chi connectivity index (χ1) is 13.3. The number of likely N-dealkylation sites (tertiary alicyclic amines) is 1. The summed E-state index contributed by atoms with van der Waals surface area (Å²) >= 11 is 0. The number of aryl methyl sites for hydroxylation is 1. The van der Waals surface area contributed by atoms with Crippen LogP contribution in [-0.4, -0.2) is 45.8 Å². The van der Waals surface area contributed by atoms with Crippen molar-refractivity contribution in [3.8, 4) is 0 Å².